The number of carbonyl (C=O) groups is 2. The molecular weight excluding hydrogens is 434 g/mol. The van der Waals surface area contributed by atoms with E-state index in [0.29, 0.717) is 45.0 Å². The van der Waals surface area contributed by atoms with Gasteiger partial charge in [-0.05, 0) is 55.5 Å². The number of aromatic nitrogens is 1. The van der Waals surface area contributed by atoms with Gasteiger partial charge in [-0.15, -0.1) is 0 Å². The number of nitrogens with zero attached hydrogens (tertiary/aromatic N) is 1. The van der Waals surface area contributed by atoms with E-state index in [1.54, 1.807) is 50.6 Å². The number of benzene rings is 3. The van der Waals surface area contributed by atoms with Crippen LogP contribution < -0.4 is 18.9 Å². The second kappa shape index (κ2) is 9.62. The lowest BCUT2D eigenvalue weighted by Gasteiger charge is -2.13. The Morgan fingerprint density at radius 1 is 0.735 bits per heavy atom. The van der Waals surface area contributed by atoms with Crippen LogP contribution in [0, 0.1) is 0 Å². The maximum absolute atomic E-state index is 13.3. The first kappa shape index (κ1) is 22.8. The van der Waals surface area contributed by atoms with Crippen molar-refractivity contribution in [1.29, 1.82) is 0 Å². The predicted molar refractivity (Wildman–Crippen MR) is 128 cm³/mol. The van der Waals surface area contributed by atoms with Crippen LogP contribution in [-0.4, -0.2) is 38.1 Å². The van der Waals surface area contributed by atoms with Crippen LogP contribution in [0.2, 0.25) is 0 Å². The number of esters is 1. The van der Waals surface area contributed by atoms with Gasteiger partial charge in [0.15, 0.2) is 28.8 Å². The maximum atomic E-state index is 13.3. The molecule has 0 saturated carbocycles. The number of ketones is 1. The number of pyridine rings is 1. The lowest BCUT2D eigenvalue weighted by atomic mass is 10.0. The first-order valence-electron chi connectivity index (χ1n) is 10.5. The first-order valence-corrected chi connectivity index (χ1v) is 10.5. The molecule has 3 aromatic carbocycles. The molecule has 1 aromatic heterocycles. The number of hydrogen-bond donors (Lipinski definition) is 0. The van der Waals surface area contributed by atoms with Gasteiger partial charge in [0, 0.05) is 16.5 Å². The number of rotatable bonds is 7. The highest BCUT2D eigenvalue weighted by Crippen LogP contribution is 2.34. The van der Waals surface area contributed by atoms with E-state index in [2.05, 4.69) is 0 Å². The summed E-state index contributed by atoms with van der Waals surface area (Å²) in [6, 6.07) is 19.1. The Bertz CT molecular complexity index is 1400. The summed E-state index contributed by atoms with van der Waals surface area (Å²) in [5.74, 6) is 0.956. The van der Waals surface area contributed by atoms with Crippen molar-refractivity contribution in [2.75, 3.05) is 21.3 Å². The van der Waals surface area contributed by atoms with Gasteiger partial charge in [-0.2, -0.15) is 0 Å². The van der Waals surface area contributed by atoms with Crippen molar-refractivity contribution in [2.24, 2.45) is 0 Å². The third kappa shape index (κ3) is 4.41. The van der Waals surface area contributed by atoms with Crippen molar-refractivity contribution in [3.63, 3.8) is 0 Å². The van der Waals surface area contributed by atoms with Crippen LogP contribution in [0.4, 0.5) is 0 Å². The lowest BCUT2D eigenvalue weighted by molar-refractivity contribution is 0.0731. The van der Waals surface area contributed by atoms with Crippen LogP contribution in [0.15, 0.2) is 66.7 Å². The molecular formula is C27H23NO6. The molecule has 1 heterocycles. The van der Waals surface area contributed by atoms with Gasteiger partial charge in [0.05, 0.1) is 38.1 Å². The number of Topliss-reactive ketones (excluding diaryl/α,β-unsaturated/α-hetero) is 1. The molecule has 4 aromatic rings. The van der Waals surface area contributed by atoms with Crippen molar-refractivity contribution in [3.8, 4) is 34.3 Å². The Balaban J connectivity index is 1.78. The normalized spacial score (nSPS) is 10.6. The van der Waals surface area contributed by atoms with Gasteiger partial charge < -0.3 is 18.9 Å². The number of hydrogen-bond acceptors (Lipinski definition) is 7. The van der Waals surface area contributed by atoms with Crippen LogP contribution >= 0.6 is 0 Å². The first-order chi connectivity index (χ1) is 16.4. The van der Waals surface area contributed by atoms with Crippen molar-refractivity contribution in [2.45, 2.75) is 6.92 Å². The van der Waals surface area contributed by atoms with E-state index in [1.807, 2.05) is 30.3 Å². The summed E-state index contributed by atoms with van der Waals surface area (Å²) in [7, 11) is 4.58. The summed E-state index contributed by atoms with van der Waals surface area (Å²) < 4.78 is 21.8. The molecule has 172 valence electrons. The highest BCUT2D eigenvalue weighted by molar-refractivity contribution is 6.05. The number of ether oxygens (including phenoxy) is 4. The molecule has 7 heteroatoms. The summed E-state index contributed by atoms with van der Waals surface area (Å²) in [6.07, 6.45) is 0. The molecule has 7 nitrogen and oxygen atoms in total. The van der Waals surface area contributed by atoms with E-state index in [4.69, 9.17) is 23.9 Å². The van der Waals surface area contributed by atoms with Crippen molar-refractivity contribution >= 4 is 22.7 Å². The maximum Gasteiger partial charge on any atom is 0.344 e. The Kier molecular flexibility index (Phi) is 6.45. The SMILES string of the molecule is COc1ccc(-c2cc(C(=O)Oc3ccc(C(C)=O)cc3OC)c3ccccc3n2)cc1OC. The van der Waals surface area contributed by atoms with Crippen LogP contribution in [-0.2, 0) is 0 Å². The molecule has 0 atom stereocenters. The summed E-state index contributed by atoms with van der Waals surface area (Å²) in [4.78, 5) is 29.7. The Hall–Kier alpha value is -4.39. The molecule has 0 aliphatic rings. The summed E-state index contributed by atoms with van der Waals surface area (Å²) in [5, 5.41) is 0.649. The highest BCUT2D eigenvalue weighted by atomic mass is 16.6. The lowest BCUT2D eigenvalue weighted by Crippen LogP contribution is -2.11. The summed E-state index contributed by atoms with van der Waals surface area (Å²) >= 11 is 0. The van der Waals surface area contributed by atoms with Crippen molar-refractivity contribution < 1.29 is 28.5 Å². The fourth-order valence-corrected chi connectivity index (χ4v) is 3.61. The molecule has 0 spiro atoms. The molecule has 0 amide bonds. The van der Waals surface area contributed by atoms with Gasteiger partial charge in [0.2, 0.25) is 0 Å². The van der Waals surface area contributed by atoms with Crippen LogP contribution in [0.25, 0.3) is 22.2 Å². The molecule has 34 heavy (non-hydrogen) atoms. The zero-order chi connectivity index (χ0) is 24.2. The quantitative estimate of drug-likeness (QED) is 0.210. The van der Waals surface area contributed by atoms with Crippen molar-refractivity contribution in [3.05, 3.63) is 77.9 Å². The molecule has 0 aliphatic heterocycles. The van der Waals surface area contributed by atoms with Crippen LogP contribution in [0.5, 0.6) is 23.0 Å². The fourth-order valence-electron chi connectivity index (χ4n) is 3.61. The third-order valence-corrected chi connectivity index (χ3v) is 5.39. The third-order valence-electron chi connectivity index (χ3n) is 5.39. The standard InChI is InChI=1S/C27H23NO6/c1-16(29)17-9-12-24(26(13-17)33-4)34-27(30)20-15-22(28-21-8-6-5-7-19(20)21)18-10-11-23(31-2)25(14-18)32-3/h5-15H,1-4H3. The minimum atomic E-state index is -0.575. The van der Waals surface area contributed by atoms with Gasteiger partial charge in [-0.3, -0.25) is 4.79 Å². The molecule has 0 N–H and O–H groups in total. The molecule has 0 unspecified atom stereocenters. The second-order valence-electron chi connectivity index (χ2n) is 7.45. The van der Waals surface area contributed by atoms with E-state index in [-0.39, 0.29) is 11.5 Å². The Labute approximate surface area is 196 Å². The molecule has 0 fully saturated rings. The highest BCUT2D eigenvalue weighted by Gasteiger charge is 2.19. The van der Waals surface area contributed by atoms with E-state index < -0.39 is 5.97 Å². The fraction of sp³-hybridized carbons (Fsp3) is 0.148. The summed E-state index contributed by atoms with van der Waals surface area (Å²) in [5.41, 5.74) is 2.77. The molecule has 0 saturated heterocycles. The van der Waals surface area contributed by atoms with Crippen LogP contribution in [0.3, 0.4) is 0 Å². The smallest absolute Gasteiger partial charge is 0.344 e. The van der Waals surface area contributed by atoms with E-state index in [0.717, 1.165) is 5.56 Å². The monoisotopic (exact) mass is 457 g/mol. The molecule has 0 bridgehead atoms. The molecule has 0 radical (unpaired) electrons. The number of para-hydroxylation sites is 1. The molecule has 4 rings (SSSR count). The minimum Gasteiger partial charge on any atom is -0.493 e. The molecule has 0 aliphatic carbocycles. The average Bonchev–Trinajstić information content (AvgIpc) is 2.87. The van der Waals surface area contributed by atoms with E-state index >= 15 is 0 Å². The zero-order valence-corrected chi connectivity index (χ0v) is 19.2. The van der Waals surface area contributed by atoms with Gasteiger partial charge in [0.1, 0.15) is 0 Å². The predicted octanol–water partition coefficient (Wildman–Crippen LogP) is 5.35. The van der Waals surface area contributed by atoms with E-state index in [1.165, 1.54) is 14.0 Å². The minimum absolute atomic E-state index is 0.115. The van der Waals surface area contributed by atoms with Gasteiger partial charge >= 0.3 is 5.97 Å². The Morgan fingerprint density at radius 3 is 2.12 bits per heavy atom. The van der Waals surface area contributed by atoms with Gasteiger partial charge in [0.25, 0.3) is 0 Å². The number of carbonyl (C=O) groups excluding carboxylic acids is 2. The van der Waals surface area contributed by atoms with Crippen LogP contribution in [0.1, 0.15) is 27.6 Å². The largest absolute Gasteiger partial charge is 0.493 e. The van der Waals surface area contributed by atoms with E-state index in [9.17, 15) is 9.59 Å². The average molecular weight is 457 g/mol. The zero-order valence-electron chi connectivity index (χ0n) is 19.2. The topological polar surface area (TPSA) is 84.0 Å². The van der Waals surface area contributed by atoms with Gasteiger partial charge in [-0.25, -0.2) is 9.78 Å². The summed E-state index contributed by atoms with van der Waals surface area (Å²) in [6.45, 7) is 1.46. The van der Waals surface area contributed by atoms with Gasteiger partial charge in [-0.1, -0.05) is 18.2 Å². The second-order valence-corrected chi connectivity index (χ2v) is 7.45. The van der Waals surface area contributed by atoms with Crippen molar-refractivity contribution in [1.82, 2.24) is 4.98 Å². The number of methoxy groups -OCH3 is 3. The Morgan fingerprint density at radius 2 is 1.41 bits per heavy atom. The number of fused-ring (bicyclic) bond motifs is 1.